The molecule has 4 saturated carbocycles. The lowest BCUT2D eigenvalue weighted by Gasteiger charge is -2.37. The second kappa shape index (κ2) is 21.1. The first-order valence-electron chi connectivity index (χ1n) is 20.5. The molecule has 0 bridgehead atoms. The summed E-state index contributed by atoms with van der Waals surface area (Å²) in [5, 5.41) is 0.427. The first-order valence-corrected chi connectivity index (χ1v) is 20.9. The molecule has 4 aliphatic rings. The standard InChI is InChI=1S/C44H61ClO8/c1-3-41(46)50-27-5-7-30-9-13-32(14-10-30)34-17-21-36(22-18-34)43(48)52-39-26-25-38(45)29-40(39)53-44(49)37-23-19-35(20-24-37)33-15-11-31(12-16-33)8-6-28-51-42(47)4-2/h3-4,25-26,29-37H,1-2,5-24,27-28H2. The highest BCUT2D eigenvalue weighted by atomic mass is 35.5. The fourth-order valence-corrected chi connectivity index (χ4v) is 9.95. The third kappa shape index (κ3) is 12.7. The van der Waals surface area contributed by atoms with Crippen LogP contribution in [0.3, 0.4) is 0 Å². The van der Waals surface area contributed by atoms with E-state index in [-0.39, 0.29) is 47.2 Å². The van der Waals surface area contributed by atoms with Gasteiger partial charge in [-0.05, 0) is 150 Å². The van der Waals surface area contributed by atoms with E-state index in [9.17, 15) is 19.2 Å². The predicted octanol–water partition coefficient (Wildman–Crippen LogP) is 10.4. The van der Waals surface area contributed by atoms with Crippen LogP contribution in [-0.2, 0) is 28.7 Å². The van der Waals surface area contributed by atoms with Crippen LogP contribution in [0.5, 0.6) is 11.5 Å². The molecular formula is C44H61ClO8. The van der Waals surface area contributed by atoms with E-state index >= 15 is 0 Å². The Kier molecular flexibility index (Phi) is 16.3. The summed E-state index contributed by atoms with van der Waals surface area (Å²) in [6.45, 7) is 7.82. The molecule has 0 aliphatic heterocycles. The van der Waals surface area contributed by atoms with Gasteiger partial charge in [0.15, 0.2) is 11.5 Å². The van der Waals surface area contributed by atoms with Gasteiger partial charge in [-0.25, -0.2) is 9.59 Å². The van der Waals surface area contributed by atoms with Crippen LogP contribution in [0.25, 0.3) is 0 Å². The van der Waals surface area contributed by atoms with Crippen LogP contribution < -0.4 is 9.47 Å². The summed E-state index contributed by atoms with van der Waals surface area (Å²) in [5.41, 5.74) is 0. The van der Waals surface area contributed by atoms with E-state index in [0.717, 1.165) is 77.0 Å². The summed E-state index contributed by atoms with van der Waals surface area (Å²) in [7, 11) is 0. The molecule has 0 atom stereocenters. The van der Waals surface area contributed by atoms with Gasteiger partial charge in [0.1, 0.15) is 0 Å². The van der Waals surface area contributed by atoms with Crippen LogP contribution in [0.2, 0.25) is 5.02 Å². The zero-order valence-electron chi connectivity index (χ0n) is 31.6. The first kappa shape index (κ1) is 41.0. The molecule has 53 heavy (non-hydrogen) atoms. The van der Waals surface area contributed by atoms with Gasteiger partial charge in [0, 0.05) is 23.2 Å². The van der Waals surface area contributed by atoms with Gasteiger partial charge in [-0.3, -0.25) is 9.59 Å². The van der Waals surface area contributed by atoms with E-state index in [1.54, 1.807) is 18.2 Å². The summed E-state index contributed by atoms with van der Waals surface area (Å²) in [6.07, 6.45) is 23.7. The largest absolute Gasteiger partial charge is 0.463 e. The van der Waals surface area contributed by atoms with Gasteiger partial charge < -0.3 is 18.9 Å². The van der Waals surface area contributed by atoms with Crippen LogP contribution in [-0.4, -0.2) is 37.1 Å². The average molecular weight is 753 g/mol. The SMILES string of the molecule is C=CC(=O)OCCCC1CCC(C2CCC(C(=O)Oc3ccc(Cl)cc3OC(=O)C3CCC(C4CCC(CCCOC(=O)C=C)CC4)CC3)CC2)CC1. The van der Waals surface area contributed by atoms with E-state index in [2.05, 4.69) is 13.2 Å². The average Bonchev–Trinajstić information content (AvgIpc) is 3.19. The topological polar surface area (TPSA) is 105 Å². The second-order valence-corrected chi connectivity index (χ2v) is 16.7. The first-order chi connectivity index (χ1) is 25.7. The highest BCUT2D eigenvalue weighted by Gasteiger charge is 2.36. The molecular weight excluding hydrogens is 692 g/mol. The van der Waals surface area contributed by atoms with Crippen molar-refractivity contribution in [2.75, 3.05) is 13.2 Å². The minimum Gasteiger partial charge on any atom is -0.463 e. The molecule has 0 radical (unpaired) electrons. The highest BCUT2D eigenvalue weighted by Crippen LogP contribution is 2.44. The van der Waals surface area contributed by atoms with Crippen molar-refractivity contribution in [2.24, 2.45) is 47.3 Å². The molecule has 4 fully saturated rings. The summed E-state index contributed by atoms with van der Waals surface area (Å²) in [4.78, 5) is 49.2. The number of carbonyl (C=O) groups excluding carboxylic acids is 4. The maximum atomic E-state index is 13.4. The zero-order valence-corrected chi connectivity index (χ0v) is 32.4. The quantitative estimate of drug-likeness (QED) is 0.0711. The predicted molar refractivity (Wildman–Crippen MR) is 205 cm³/mol. The van der Waals surface area contributed by atoms with Gasteiger partial charge in [-0.15, -0.1) is 0 Å². The number of halogens is 1. The van der Waals surface area contributed by atoms with Crippen molar-refractivity contribution < 1.29 is 38.1 Å². The Hall–Kier alpha value is -3.13. The van der Waals surface area contributed by atoms with Crippen molar-refractivity contribution in [3.8, 4) is 11.5 Å². The number of hydrogen-bond donors (Lipinski definition) is 0. The van der Waals surface area contributed by atoms with Crippen molar-refractivity contribution in [3.05, 3.63) is 48.5 Å². The summed E-state index contributed by atoms with van der Waals surface area (Å²) in [6, 6.07) is 4.88. The molecule has 8 nitrogen and oxygen atoms in total. The summed E-state index contributed by atoms with van der Waals surface area (Å²) in [5.74, 6) is 3.06. The Bertz CT molecular complexity index is 1380. The summed E-state index contributed by atoms with van der Waals surface area (Å²) >= 11 is 6.31. The Labute approximate surface area is 321 Å². The number of ether oxygens (including phenoxy) is 4. The fraction of sp³-hybridized carbons (Fsp3) is 0.682. The van der Waals surface area contributed by atoms with Crippen LogP contribution in [0.4, 0.5) is 0 Å². The number of hydrogen-bond acceptors (Lipinski definition) is 8. The van der Waals surface area contributed by atoms with Gasteiger partial charge in [0.2, 0.25) is 0 Å². The van der Waals surface area contributed by atoms with E-state index in [0.29, 0.717) is 53.7 Å². The lowest BCUT2D eigenvalue weighted by molar-refractivity contribution is -0.143. The van der Waals surface area contributed by atoms with Gasteiger partial charge in [-0.1, -0.05) is 50.4 Å². The molecule has 0 amide bonds. The van der Waals surface area contributed by atoms with Crippen molar-refractivity contribution in [2.45, 2.75) is 128 Å². The number of benzene rings is 1. The maximum Gasteiger partial charge on any atom is 0.330 e. The molecule has 1 aromatic carbocycles. The molecule has 1 aromatic rings. The van der Waals surface area contributed by atoms with Crippen LogP contribution >= 0.6 is 11.6 Å². The molecule has 0 spiro atoms. The van der Waals surface area contributed by atoms with Crippen LogP contribution in [0, 0.1) is 47.3 Å². The smallest absolute Gasteiger partial charge is 0.330 e. The Morgan fingerprint density at radius 2 is 0.943 bits per heavy atom. The lowest BCUT2D eigenvalue weighted by atomic mass is 9.68. The second-order valence-electron chi connectivity index (χ2n) is 16.2. The van der Waals surface area contributed by atoms with Gasteiger partial charge in [0.25, 0.3) is 0 Å². The van der Waals surface area contributed by atoms with Crippen molar-refractivity contribution >= 4 is 35.5 Å². The molecule has 292 valence electrons. The summed E-state index contributed by atoms with van der Waals surface area (Å²) < 4.78 is 22.1. The molecule has 0 heterocycles. The molecule has 0 unspecified atom stereocenters. The van der Waals surface area contributed by atoms with Gasteiger partial charge in [-0.2, -0.15) is 0 Å². The van der Waals surface area contributed by atoms with Crippen molar-refractivity contribution in [3.63, 3.8) is 0 Å². The van der Waals surface area contributed by atoms with E-state index in [1.807, 2.05) is 0 Å². The zero-order chi connectivity index (χ0) is 37.6. The fourth-order valence-electron chi connectivity index (χ4n) is 9.79. The minimum absolute atomic E-state index is 0.160. The minimum atomic E-state index is -0.349. The van der Waals surface area contributed by atoms with Crippen LogP contribution in [0.15, 0.2) is 43.5 Å². The van der Waals surface area contributed by atoms with Crippen molar-refractivity contribution in [1.82, 2.24) is 0 Å². The number of carbonyl (C=O) groups is 4. The molecule has 0 N–H and O–H groups in total. The lowest BCUT2D eigenvalue weighted by Crippen LogP contribution is -2.31. The Balaban J connectivity index is 0.998. The number of rotatable bonds is 16. The maximum absolute atomic E-state index is 13.4. The monoisotopic (exact) mass is 752 g/mol. The van der Waals surface area contributed by atoms with E-state index in [1.165, 1.54) is 63.5 Å². The normalized spacial score (nSPS) is 28.9. The molecule has 0 saturated heterocycles. The Morgan fingerprint density at radius 1 is 0.566 bits per heavy atom. The highest BCUT2D eigenvalue weighted by molar-refractivity contribution is 6.30. The van der Waals surface area contributed by atoms with Crippen LogP contribution in [0.1, 0.15) is 128 Å². The molecule has 4 aliphatic carbocycles. The Morgan fingerprint density at radius 3 is 1.34 bits per heavy atom. The molecule has 5 rings (SSSR count). The van der Waals surface area contributed by atoms with Gasteiger partial charge in [0.05, 0.1) is 25.0 Å². The van der Waals surface area contributed by atoms with E-state index < -0.39 is 0 Å². The number of esters is 4. The molecule has 0 aromatic heterocycles. The van der Waals surface area contributed by atoms with Gasteiger partial charge >= 0.3 is 23.9 Å². The van der Waals surface area contributed by atoms with E-state index in [4.69, 9.17) is 30.5 Å². The van der Waals surface area contributed by atoms with Crippen molar-refractivity contribution in [1.29, 1.82) is 0 Å². The molecule has 9 heteroatoms. The third-order valence-corrected chi connectivity index (χ3v) is 13.2. The third-order valence-electron chi connectivity index (χ3n) is 13.0.